The summed E-state index contributed by atoms with van der Waals surface area (Å²) >= 11 is 0. The molecule has 0 saturated carbocycles. The molecule has 5 heteroatoms. The molecule has 0 aromatic heterocycles. The van der Waals surface area contributed by atoms with Crippen LogP contribution in [0.5, 0.6) is 0 Å². The van der Waals surface area contributed by atoms with Crippen LogP contribution in [0, 0.1) is 0 Å². The molecule has 1 amide bonds. The number of rotatable bonds is 6. The van der Waals surface area contributed by atoms with Crippen LogP contribution in [-0.4, -0.2) is 44.5 Å². The van der Waals surface area contributed by atoms with Crippen molar-refractivity contribution in [1.29, 1.82) is 0 Å². The van der Waals surface area contributed by atoms with Gasteiger partial charge in [-0.2, -0.15) is 0 Å². The standard InChI is InChI=1S/C15H20N2O3/c1-17(2)10-8-14(18)13-6-4-5-12(11-13)7-9-16-15(19)20-3/h4-6,8,10-11H,7,9H2,1-3H3,(H,16,19). The number of carbonyl (C=O) groups is 2. The van der Waals surface area contributed by atoms with Crippen LogP contribution in [0.1, 0.15) is 15.9 Å². The Bertz CT molecular complexity index is 496. The lowest BCUT2D eigenvalue weighted by molar-refractivity contribution is 0.104. The van der Waals surface area contributed by atoms with E-state index < -0.39 is 6.09 Å². The molecule has 0 aliphatic heterocycles. The maximum absolute atomic E-state index is 11.9. The lowest BCUT2D eigenvalue weighted by atomic mass is 10.1. The largest absolute Gasteiger partial charge is 0.453 e. The van der Waals surface area contributed by atoms with E-state index in [0.717, 1.165) is 5.56 Å². The highest BCUT2D eigenvalue weighted by molar-refractivity contribution is 6.04. The van der Waals surface area contributed by atoms with Gasteiger partial charge in [-0.05, 0) is 18.1 Å². The molecule has 0 heterocycles. The van der Waals surface area contributed by atoms with Crippen molar-refractivity contribution in [1.82, 2.24) is 10.2 Å². The van der Waals surface area contributed by atoms with Gasteiger partial charge < -0.3 is 15.0 Å². The van der Waals surface area contributed by atoms with E-state index >= 15 is 0 Å². The summed E-state index contributed by atoms with van der Waals surface area (Å²) in [5.74, 6) is -0.0403. The van der Waals surface area contributed by atoms with E-state index in [9.17, 15) is 9.59 Å². The first kappa shape index (κ1) is 15.8. The second kappa shape index (κ2) is 7.99. The van der Waals surface area contributed by atoms with Crippen molar-refractivity contribution in [3.63, 3.8) is 0 Å². The Hall–Kier alpha value is -2.30. The molecule has 0 spiro atoms. The maximum atomic E-state index is 11.9. The summed E-state index contributed by atoms with van der Waals surface area (Å²) in [6.07, 6.45) is 3.44. The Morgan fingerprint density at radius 2 is 2.10 bits per heavy atom. The Kier molecular flexibility index (Phi) is 6.29. The van der Waals surface area contributed by atoms with Gasteiger partial charge in [0, 0.05) is 38.5 Å². The zero-order valence-electron chi connectivity index (χ0n) is 12.1. The van der Waals surface area contributed by atoms with Crippen LogP contribution in [0.25, 0.3) is 0 Å². The molecular formula is C15H20N2O3. The Morgan fingerprint density at radius 1 is 1.35 bits per heavy atom. The summed E-state index contributed by atoms with van der Waals surface area (Å²) in [5.41, 5.74) is 1.63. The van der Waals surface area contributed by atoms with Crippen molar-refractivity contribution in [3.8, 4) is 0 Å². The van der Waals surface area contributed by atoms with E-state index in [1.54, 1.807) is 12.3 Å². The molecule has 0 bridgehead atoms. The molecule has 1 rings (SSSR count). The number of allylic oxidation sites excluding steroid dienone is 1. The number of ketones is 1. The van der Waals surface area contributed by atoms with Crippen molar-refractivity contribution in [3.05, 3.63) is 47.7 Å². The predicted octanol–water partition coefficient (Wildman–Crippen LogP) is 1.84. The third-order valence-electron chi connectivity index (χ3n) is 2.60. The van der Waals surface area contributed by atoms with Crippen LogP contribution < -0.4 is 5.32 Å². The Labute approximate surface area is 119 Å². The predicted molar refractivity (Wildman–Crippen MR) is 77.7 cm³/mol. The van der Waals surface area contributed by atoms with Crippen LogP contribution in [0.2, 0.25) is 0 Å². The molecule has 0 aliphatic rings. The monoisotopic (exact) mass is 276 g/mol. The first-order valence-electron chi connectivity index (χ1n) is 6.32. The number of hydrogen-bond acceptors (Lipinski definition) is 4. The van der Waals surface area contributed by atoms with Crippen LogP contribution >= 0.6 is 0 Å². The molecule has 1 aromatic rings. The van der Waals surface area contributed by atoms with E-state index in [2.05, 4.69) is 10.1 Å². The molecule has 0 radical (unpaired) electrons. The zero-order chi connectivity index (χ0) is 15.0. The fourth-order valence-electron chi connectivity index (χ4n) is 1.57. The molecule has 1 aromatic carbocycles. The topological polar surface area (TPSA) is 58.6 Å². The van der Waals surface area contributed by atoms with E-state index in [1.165, 1.54) is 13.2 Å². The number of nitrogens with zero attached hydrogens (tertiary/aromatic N) is 1. The molecule has 5 nitrogen and oxygen atoms in total. The number of alkyl carbamates (subject to hydrolysis) is 1. The highest BCUT2D eigenvalue weighted by atomic mass is 16.5. The first-order chi connectivity index (χ1) is 9.52. The fourth-order valence-corrected chi connectivity index (χ4v) is 1.57. The molecule has 0 saturated heterocycles. The van der Waals surface area contributed by atoms with E-state index in [0.29, 0.717) is 18.5 Å². The van der Waals surface area contributed by atoms with Gasteiger partial charge >= 0.3 is 6.09 Å². The normalized spacial score (nSPS) is 10.3. The fraction of sp³-hybridized carbons (Fsp3) is 0.333. The van der Waals surface area contributed by atoms with Gasteiger partial charge in [-0.15, -0.1) is 0 Å². The van der Waals surface area contributed by atoms with Gasteiger partial charge in [-0.25, -0.2) is 4.79 Å². The lowest BCUT2D eigenvalue weighted by Crippen LogP contribution is -2.25. The van der Waals surface area contributed by atoms with Gasteiger partial charge in [-0.3, -0.25) is 4.79 Å². The van der Waals surface area contributed by atoms with Crippen LogP contribution in [0.15, 0.2) is 36.5 Å². The zero-order valence-corrected chi connectivity index (χ0v) is 12.1. The number of amides is 1. The molecule has 0 aliphatic carbocycles. The van der Waals surface area contributed by atoms with Crippen molar-refractivity contribution in [2.75, 3.05) is 27.7 Å². The van der Waals surface area contributed by atoms with Gasteiger partial charge in [0.25, 0.3) is 0 Å². The molecule has 20 heavy (non-hydrogen) atoms. The third kappa shape index (κ3) is 5.56. The average molecular weight is 276 g/mol. The number of ether oxygens (including phenoxy) is 1. The summed E-state index contributed by atoms with van der Waals surface area (Å²) < 4.78 is 4.49. The lowest BCUT2D eigenvalue weighted by Gasteiger charge is -2.06. The molecule has 108 valence electrons. The molecule has 1 N–H and O–H groups in total. The van der Waals surface area contributed by atoms with Gasteiger partial charge in [0.1, 0.15) is 0 Å². The number of benzene rings is 1. The summed E-state index contributed by atoms with van der Waals surface area (Å²) in [7, 11) is 5.04. The average Bonchev–Trinajstić information content (AvgIpc) is 2.44. The minimum absolute atomic E-state index is 0.0403. The molecule has 0 fully saturated rings. The van der Waals surface area contributed by atoms with Gasteiger partial charge in [0.15, 0.2) is 5.78 Å². The Morgan fingerprint density at radius 3 is 2.75 bits per heavy atom. The van der Waals surface area contributed by atoms with Crippen LogP contribution in [0.3, 0.4) is 0 Å². The minimum atomic E-state index is -0.453. The smallest absolute Gasteiger partial charge is 0.406 e. The van der Waals surface area contributed by atoms with E-state index in [1.807, 2.05) is 37.2 Å². The van der Waals surface area contributed by atoms with Gasteiger partial charge in [-0.1, -0.05) is 18.2 Å². The highest BCUT2D eigenvalue weighted by Gasteiger charge is 2.04. The van der Waals surface area contributed by atoms with Crippen LogP contribution in [0.4, 0.5) is 4.79 Å². The quantitative estimate of drug-likeness (QED) is 0.636. The SMILES string of the molecule is COC(=O)NCCc1cccc(C(=O)C=CN(C)C)c1. The van der Waals surface area contributed by atoms with E-state index in [-0.39, 0.29) is 5.78 Å². The second-order valence-corrected chi connectivity index (χ2v) is 4.51. The van der Waals surface area contributed by atoms with Crippen molar-refractivity contribution >= 4 is 11.9 Å². The summed E-state index contributed by atoms with van der Waals surface area (Å²) in [6, 6.07) is 7.37. The highest BCUT2D eigenvalue weighted by Crippen LogP contribution is 2.07. The van der Waals surface area contributed by atoms with Crippen molar-refractivity contribution in [2.45, 2.75) is 6.42 Å². The molecular weight excluding hydrogens is 256 g/mol. The molecule has 0 atom stereocenters. The second-order valence-electron chi connectivity index (χ2n) is 4.51. The number of hydrogen-bond donors (Lipinski definition) is 1. The van der Waals surface area contributed by atoms with Crippen LogP contribution in [-0.2, 0) is 11.2 Å². The number of nitrogens with one attached hydrogen (secondary N) is 1. The maximum Gasteiger partial charge on any atom is 0.406 e. The summed E-state index contributed by atoms with van der Waals surface area (Å²) in [6.45, 7) is 0.470. The minimum Gasteiger partial charge on any atom is -0.453 e. The number of carbonyl (C=O) groups excluding carboxylic acids is 2. The van der Waals surface area contributed by atoms with Crippen molar-refractivity contribution in [2.24, 2.45) is 0 Å². The van der Waals surface area contributed by atoms with Crippen molar-refractivity contribution < 1.29 is 14.3 Å². The van der Waals surface area contributed by atoms with Gasteiger partial charge in [0.2, 0.25) is 0 Å². The van der Waals surface area contributed by atoms with E-state index in [4.69, 9.17) is 0 Å². The van der Waals surface area contributed by atoms with Gasteiger partial charge in [0.05, 0.1) is 7.11 Å². The first-order valence-corrected chi connectivity index (χ1v) is 6.32. The molecule has 0 unspecified atom stereocenters. The summed E-state index contributed by atoms with van der Waals surface area (Å²) in [5, 5.41) is 2.60. The number of methoxy groups -OCH3 is 1. The third-order valence-corrected chi connectivity index (χ3v) is 2.60. The summed E-state index contributed by atoms with van der Waals surface area (Å²) in [4.78, 5) is 24.7. The Balaban J connectivity index is 2.61.